The molecule has 2 aromatic rings. The van der Waals surface area contributed by atoms with E-state index in [4.69, 9.17) is 11.6 Å². The number of Topliss-reactive ketones (excluding diaryl/α,β-unsaturated/α-hetero) is 2. The molecular formula is C18H13ClN2O3. The van der Waals surface area contributed by atoms with Crippen LogP contribution >= 0.6 is 11.6 Å². The smallest absolute Gasteiger partial charge is 0.221 e. The fraction of sp³-hybridized carbons (Fsp3) is 0.0556. The lowest BCUT2D eigenvalue weighted by Crippen LogP contribution is -2.35. The number of amides is 1. The molecule has 0 saturated carbocycles. The molecule has 0 radical (unpaired) electrons. The molecule has 0 heterocycles. The van der Waals surface area contributed by atoms with Gasteiger partial charge in [0, 0.05) is 28.8 Å². The number of ketones is 2. The van der Waals surface area contributed by atoms with E-state index in [9.17, 15) is 14.4 Å². The van der Waals surface area contributed by atoms with Gasteiger partial charge in [-0.1, -0.05) is 35.9 Å². The third-order valence-corrected chi connectivity index (χ3v) is 3.79. The second-order valence-corrected chi connectivity index (χ2v) is 5.70. The first-order chi connectivity index (χ1) is 11.5. The van der Waals surface area contributed by atoms with E-state index in [1.165, 1.54) is 6.92 Å². The van der Waals surface area contributed by atoms with Crippen LogP contribution in [0.2, 0.25) is 5.02 Å². The van der Waals surface area contributed by atoms with Gasteiger partial charge in [0.15, 0.2) is 0 Å². The molecule has 0 atom stereocenters. The van der Waals surface area contributed by atoms with E-state index in [2.05, 4.69) is 10.6 Å². The van der Waals surface area contributed by atoms with Crippen LogP contribution in [0.15, 0.2) is 59.9 Å². The number of halogens is 1. The Balaban J connectivity index is 2.09. The van der Waals surface area contributed by atoms with E-state index in [0.717, 1.165) is 0 Å². The molecule has 3 rings (SSSR count). The van der Waals surface area contributed by atoms with Crippen molar-refractivity contribution < 1.29 is 14.4 Å². The lowest BCUT2D eigenvalue weighted by Gasteiger charge is -2.22. The van der Waals surface area contributed by atoms with E-state index in [1.807, 2.05) is 0 Å². The zero-order valence-electron chi connectivity index (χ0n) is 12.7. The topological polar surface area (TPSA) is 75.3 Å². The molecule has 6 heteroatoms. The van der Waals surface area contributed by atoms with Crippen LogP contribution < -0.4 is 10.6 Å². The predicted octanol–water partition coefficient (Wildman–Crippen LogP) is 3.18. The van der Waals surface area contributed by atoms with Crippen molar-refractivity contribution in [2.45, 2.75) is 6.92 Å². The number of carbonyl (C=O) groups excluding carboxylic acids is 3. The van der Waals surface area contributed by atoms with Gasteiger partial charge in [0.1, 0.15) is 11.4 Å². The van der Waals surface area contributed by atoms with Gasteiger partial charge < -0.3 is 10.6 Å². The van der Waals surface area contributed by atoms with Crippen molar-refractivity contribution in [1.29, 1.82) is 0 Å². The van der Waals surface area contributed by atoms with Gasteiger partial charge >= 0.3 is 0 Å². The summed E-state index contributed by atoms with van der Waals surface area (Å²) >= 11 is 5.85. The Morgan fingerprint density at radius 1 is 0.875 bits per heavy atom. The number of hydrogen-bond acceptors (Lipinski definition) is 4. The highest BCUT2D eigenvalue weighted by molar-refractivity contribution is 6.30. The zero-order valence-corrected chi connectivity index (χ0v) is 13.5. The Labute approximate surface area is 143 Å². The second kappa shape index (κ2) is 6.29. The minimum Gasteiger partial charge on any atom is -0.350 e. The molecule has 0 fully saturated rings. The van der Waals surface area contributed by atoms with Gasteiger partial charge in [-0.05, 0) is 24.3 Å². The minimum atomic E-state index is -0.430. The van der Waals surface area contributed by atoms with Crippen LogP contribution in [0.4, 0.5) is 5.69 Å². The monoisotopic (exact) mass is 340 g/mol. The van der Waals surface area contributed by atoms with Crippen molar-refractivity contribution in [3.63, 3.8) is 0 Å². The number of benzene rings is 2. The summed E-state index contributed by atoms with van der Waals surface area (Å²) in [6.07, 6.45) is 0. The molecule has 2 N–H and O–H groups in total. The van der Waals surface area contributed by atoms with Crippen LogP contribution in [0.5, 0.6) is 0 Å². The van der Waals surface area contributed by atoms with Crippen molar-refractivity contribution in [2.24, 2.45) is 0 Å². The molecule has 24 heavy (non-hydrogen) atoms. The quantitative estimate of drug-likeness (QED) is 0.899. The van der Waals surface area contributed by atoms with Crippen LogP contribution in [0, 0.1) is 0 Å². The van der Waals surface area contributed by atoms with Crippen molar-refractivity contribution in [2.75, 3.05) is 5.32 Å². The number of allylic oxidation sites excluding steroid dienone is 2. The average molecular weight is 341 g/mol. The summed E-state index contributed by atoms with van der Waals surface area (Å²) in [6.45, 7) is 1.28. The summed E-state index contributed by atoms with van der Waals surface area (Å²) in [5.41, 5.74) is 1.14. The Hall–Kier alpha value is -2.92. The number of hydrogen-bond donors (Lipinski definition) is 2. The summed E-state index contributed by atoms with van der Waals surface area (Å²) in [7, 11) is 0. The first-order valence-electron chi connectivity index (χ1n) is 7.20. The molecule has 5 nitrogen and oxygen atoms in total. The van der Waals surface area contributed by atoms with E-state index < -0.39 is 11.7 Å². The van der Waals surface area contributed by atoms with E-state index >= 15 is 0 Å². The molecule has 0 bridgehead atoms. The fourth-order valence-electron chi connectivity index (χ4n) is 2.47. The molecule has 1 amide bonds. The van der Waals surface area contributed by atoms with Crippen LogP contribution in [0.25, 0.3) is 0 Å². The summed E-state index contributed by atoms with van der Waals surface area (Å²) < 4.78 is 0. The predicted molar refractivity (Wildman–Crippen MR) is 91.0 cm³/mol. The van der Waals surface area contributed by atoms with Gasteiger partial charge in [-0.3, -0.25) is 14.4 Å². The standard InChI is InChI=1S/C18H13ClN2O3/c1-10(22)20-15-16(21-12-8-6-11(19)7-9-12)18(24)14-5-3-2-4-13(14)17(15)23/h2-9,21H,1H3,(H,20,22). The first kappa shape index (κ1) is 16.0. The molecule has 0 unspecified atom stereocenters. The van der Waals surface area contributed by atoms with Gasteiger partial charge in [0.05, 0.1) is 0 Å². The Morgan fingerprint density at radius 3 is 1.96 bits per heavy atom. The molecule has 0 saturated heterocycles. The third kappa shape index (κ3) is 2.94. The first-order valence-corrected chi connectivity index (χ1v) is 7.58. The Morgan fingerprint density at radius 2 is 1.42 bits per heavy atom. The summed E-state index contributed by atoms with van der Waals surface area (Å²) in [5.74, 6) is -1.19. The molecular weight excluding hydrogens is 328 g/mol. The lowest BCUT2D eigenvalue weighted by molar-refractivity contribution is -0.118. The SMILES string of the molecule is CC(=O)NC1=C(Nc2ccc(Cl)cc2)C(=O)c2ccccc2C1=O. The average Bonchev–Trinajstić information content (AvgIpc) is 2.57. The maximum atomic E-state index is 12.8. The van der Waals surface area contributed by atoms with Gasteiger partial charge in [0.2, 0.25) is 17.5 Å². The number of anilines is 1. The highest BCUT2D eigenvalue weighted by Gasteiger charge is 2.32. The van der Waals surface area contributed by atoms with Crippen LogP contribution in [-0.4, -0.2) is 17.5 Å². The van der Waals surface area contributed by atoms with Crippen molar-refractivity contribution in [3.05, 3.63) is 76.1 Å². The Kier molecular flexibility index (Phi) is 4.18. The molecule has 0 spiro atoms. The summed E-state index contributed by atoms with van der Waals surface area (Å²) in [5, 5.41) is 5.94. The summed E-state index contributed by atoms with van der Waals surface area (Å²) in [6, 6.07) is 13.2. The third-order valence-electron chi connectivity index (χ3n) is 3.54. The molecule has 0 aliphatic heterocycles. The number of rotatable bonds is 3. The maximum Gasteiger partial charge on any atom is 0.221 e. The number of fused-ring (bicyclic) bond motifs is 1. The minimum absolute atomic E-state index is 0.0382. The van der Waals surface area contributed by atoms with Crippen molar-refractivity contribution >= 4 is 34.8 Å². The molecule has 2 aromatic carbocycles. The van der Waals surface area contributed by atoms with E-state index in [-0.39, 0.29) is 22.7 Å². The van der Waals surface area contributed by atoms with Crippen LogP contribution in [-0.2, 0) is 4.79 Å². The van der Waals surface area contributed by atoms with Crippen LogP contribution in [0.1, 0.15) is 27.6 Å². The second-order valence-electron chi connectivity index (χ2n) is 5.27. The number of nitrogens with one attached hydrogen (secondary N) is 2. The normalized spacial score (nSPS) is 13.6. The summed E-state index contributed by atoms with van der Waals surface area (Å²) in [4.78, 5) is 36.9. The van der Waals surface area contributed by atoms with Crippen molar-refractivity contribution in [1.82, 2.24) is 5.32 Å². The highest BCUT2D eigenvalue weighted by Crippen LogP contribution is 2.26. The van der Waals surface area contributed by atoms with Crippen molar-refractivity contribution in [3.8, 4) is 0 Å². The molecule has 1 aliphatic rings. The number of carbonyl (C=O) groups is 3. The Bertz CT molecular complexity index is 885. The largest absolute Gasteiger partial charge is 0.350 e. The highest BCUT2D eigenvalue weighted by atomic mass is 35.5. The zero-order chi connectivity index (χ0) is 17.3. The van der Waals surface area contributed by atoms with E-state index in [1.54, 1.807) is 48.5 Å². The van der Waals surface area contributed by atoms with Crippen LogP contribution in [0.3, 0.4) is 0 Å². The molecule has 0 aromatic heterocycles. The van der Waals surface area contributed by atoms with Gasteiger partial charge in [-0.2, -0.15) is 0 Å². The van der Waals surface area contributed by atoms with Gasteiger partial charge in [-0.15, -0.1) is 0 Å². The molecule has 1 aliphatic carbocycles. The van der Waals surface area contributed by atoms with E-state index in [0.29, 0.717) is 16.3 Å². The fourth-order valence-corrected chi connectivity index (χ4v) is 2.59. The van der Waals surface area contributed by atoms with Gasteiger partial charge in [-0.25, -0.2) is 0 Å². The maximum absolute atomic E-state index is 12.8. The van der Waals surface area contributed by atoms with Gasteiger partial charge in [0.25, 0.3) is 0 Å². The molecule has 120 valence electrons. The lowest BCUT2D eigenvalue weighted by atomic mass is 9.90.